The van der Waals surface area contributed by atoms with E-state index in [0.717, 1.165) is 41.4 Å². The molecule has 2 N–H and O–H groups in total. The number of H-pyrrole nitrogens is 1. The van der Waals surface area contributed by atoms with E-state index in [4.69, 9.17) is 11.6 Å². The molecule has 1 aromatic heterocycles. The molecule has 0 radical (unpaired) electrons. The first-order valence-corrected chi connectivity index (χ1v) is 8.37. The van der Waals surface area contributed by atoms with Gasteiger partial charge in [-0.2, -0.15) is 0 Å². The van der Waals surface area contributed by atoms with Crippen LogP contribution in [-0.4, -0.2) is 17.4 Å². The highest BCUT2D eigenvalue weighted by molar-refractivity contribution is 6.31. The van der Waals surface area contributed by atoms with Gasteiger partial charge in [0.15, 0.2) is 11.6 Å². The number of benzene rings is 2. The smallest absolute Gasteiger partial charge is 0.251 e. The molecule has 3 aromatic rings. The van der Waals surface area contributed by atoms with Gasteiger partial charge in [-0.25, -0.2) is 8.78 Å². The Labute approximate surface area is 148 Å². The van der Waals surface area contributed by atoms with Gasteiger partial charge in [-0.3, -0.25) is 4.79 Å². The fraction of sp³-hybridized carbons (Fsp3) is 0.211. The van der Waals surface area contributed by atoms with Gasteiger partial charge < -0.3 is 10.3 Å². The van der Waals surface area contributed by atoms with Crippen molar-refractivity contribution in [2.45, 2.75) is 18.3 Å². The topological polar surface area (TPSA) is 44.9 Å². The van der Waals surface area contributed by atoms with Crippen molar-refractivity contribution in [3.05, 3.63) is 70.4 Å². The zero-order valence-corrected chi connectivity index (χ0v) is 14.0. The Morgan fingerprint density at radius 1 is 1.16 bits per heavy atom. The van der Waals surface area contributed by atoms with Crippen LogP contribution in [-0.2, 0) is 5.41 Å². The Hall–Kier alpha value is -2.40. The van der Waals surface area contributed by atoms with Crippen LogP contribution in [0.1, 0.15) is 28.8 Å². The summed E-state index contributed by atoms with van der Waals surface area (Å²) in [5.41, 5.74) is 2.09. The average molecular weight is 361 g/mol. The number of hydrogen-bond acceptors (Lipinski definition) is 1. The van der Waals surface area contributed by atoms with Crippen LogP contribution in [0.2, 0.25) is 5.02 Å². The molecule has 6 heteroatoms. The molecule has 3 nitrogen and oxygen atoms in total. The van der Waals surface area contributed by atoms with E-state index in [9.17, 15) is 13.6 Å². The lowest BCUT2D eigenvalue weighted by molar-refractivity contribution is 0.0949. The third-order valence-corrected chi connectivity index (χ3v) is 5.07. The molecular weight excluding hydrogens is 346 g/mol. The predicted octanol–water partition coefficient (Wildman–Crippen LogP) is 4.56. The van der Waals surface area contributed by atoms with Crippen LogP contribution < -0.4 is 5.32 Å². The number of fused-ring (bicyclic) bond motifs is 1. The summed E-state index contributed by atoms with van der Waals surface area (Å²) in [7, 11) is 0. The van der Waals surface area contributed by atoms with E-state index in [1.165, 1.54) is 6.07 Å². The molecule has 25 heavy (non-hydrogen) atoms. The Balaban J connectivity index is 1.53. The molecule has 2 aromatic carbocycles. The van der Waals surface area contributed by atoms with Gasteiger partial charge in [-0.1, -0.05) is 17.7 Å². The third kappa shape index (κ3) is 2.89. The van der Waals surface area contributed by atoms with Gasteiger partial charge in [0, 0.05) is 39.6 Å². The number of aromatic nitrogens is 1. The molecule has 1 amide bonds. The van der Waals surface area contributed by atoms with Crippen LogP contribution >= 0.6 is 11.6 Å². The SMILES string of the molecule is O=C(NCC1(c2c[nH]c3cc(Cl)ccc23)CC1)c1ccc(F)c(F)c1. The summed E-state index contributed by atoms with van der Waals surface area (Å²) in [6.45, 7) is 0.445. The Morgan fingerprint density at radius 2 is 1.96 bits per heavy atom. The Bertz CT molecular complexity index is 979. The first kappa shape index (κ1) is 16.1. The maximum absolute atomic E-state index is 13.3. The molecule has 4 rings (SSSR count). The summed E-state index contributed by atoms with van der Waals surface area (Å²) in [5, 5.41) is 4.60. The first-order valence-electron chi connectivity index (χ1n) is 7.99. The minimum Gasteiger partial charge on any atom is -0.361 e. The van der Waals surface area contributed by atoms with Crippen molar-refractivity contribution >= 4 is 28.4 Å². The van der Waals surface area contributed by atoms with Gasteiger partial charge in [0.05, 0.1) is 0 Å². The van der Waals surface area contributed by atoms with Gasteiger partial charge in [0.1, 0.15) is 0 Å². The van der Waals surface area contributed by atoms with Gasteiger partial charge in [-0.05, 0) is 48.7 Å². The summed E-state index contributed by atoms with van der Waals surface area (Å²) in [5.74, 6) is -2.40. The summed E-state index contributed by atoms with van der Waals surface area (Å²) in [4.78, 5) is 15.5. The summed E-state index contributed by atoms with van der Waals surface area (Å²) in [6.07, 6.45) is 3.87. The second-order valence-corrected chi connectivity index (χ2v) is 6.92. The molecular formula is C19H15ClF2N2O. The fourth-order valence-electron chi connectivity index (χ4n) is 3.22. The number of carbonyl (C=O) groups excluding carboxylic acids is 1. The molecule has 1 aliphatic carbocycles. The van der Waals surface area contributed by atoms with E-state index in [1.807, 2.05) is 24.4 Å². The normalized spacial score (nSPS) is 15.3. The largest absolute Gasteiger partial charge is 0.361 e. The maximum atomic E-state index is 13.3. The summed E-state index contributed by atoms with van der Waals surface area (Å²) >= 11 is 6.02. The predicted molar refractivity (Wildman–Crippen MR) is 92.9 cm³/mol. The number of amides is 1. The standard InChI is InChI=1S/C19H15ClF2N2O/c20-12-2-3-13-14(9-23-17(13)8-12)19(5-6-19)10-24-18(25)11-1-4-15(21)16(22)7-11/h1-4,7-9,23H,5-6,10H2,(H,24,25). The number of rotatable bonds is 4. The molecule has 0 atom stereocenters. The minimum absolute atomic E-state index is 0.111. The number of halogens is 3. The van der Waals surface area contributed by atoms with Crippen molar-refractivity contribution in [3.8, 4) is 0 Å². The van der Waals surface area contributed by atoms with Crippen LogP contribution in [0, 0.1) is 11.6 Å². The van der Waals surface area contributed by atoms with E-state index in [2.05, 4.69) is 10.3 Å². The van der Waals surface area contributed by atoms with E-state index >= 15 is 0 Å². The fourth-order valence-corrected chi connectivity index (χ4v) is 3.39. The van der Waals surface area contributed by atoms with Gasteiger partial charge >= 0.3 is 0 Å². The summed E-state index contributed by atoms with van der Waals surface area (Å²) < 4.78 is 26.3. The number of aromatic amines is 1. The van der Waals surface area contributed by atoms with Crippen molar-refractivity contribution < 1.29 is 13.6 Å². The van der Waals surface area contributed by atoms with Crippen LogP contribution in [0.15, 0.2) is 42.6 Å². The van der Waals surface area contributed by atoms with Crippen molar-refractivity contribution in [1.82, 2.24) is 10.3 Å². The highest BCUT2D eigenvalue weighted by Gasteiger charge is 2.45. The second kappa shape index (κ2) is 5.85. The molecule has 0 aliphatic heterocycles. The van der Waals surface area contributed by atoms with E-state index in [0.29, 0.717) is 11.6 Å². The molecule has 0 unspecified atom stereocenters. The lowest BCUT2D eigenvalue weighted by Crippen LogP contribution is -2.32. The molecule has 1 fully saturated rings. The highest BCUT2D eigenvalue weighted by atomic mass is 35.5. The minimum atomic E-state index is -1.03. The molecule has 1 saturated carbocycles. The van der Waals surface area contributed by atoms with Gasteiger partial charge in [0.2, 0.25) is 0 Å². The first-order chi connectivity index (χ1) is 12.0. The van der Waals surface area contributed by atoms with Crippen LogP contribution in [0.5, 0.6) is 0 Å². The molecule has 1 aliphatic rings. The lowest BCUT2D eigenvalue weighted by atomic mass is 9.95. The zero-order chi connectivity index (χ0) is 17.6. The van der Waals surface area contributed by atoms with E-state index < -0.39 is 17.5 Å². The van der Waals surface area contributed by atoms with Crippen molar-refractivity contribution in [3.63, 3.8) is 0 Å². The van der Waals surface area contributed by atoms with Crippen molar-refractivity contribution in [2.75, 3.05) is 6.54 Å². The quantitative estimate of drug-likeness (QED) is 0.703. The highest BCUT2D eigenvalue weighted by Crippen LogP contribution is 2.50. The number of carbonyl (C=O) groups is 1. The van der Waals surface area contributed by atoms with Crippen molar-refractivity contribution in [2.24, 2.45) is 0 Å². The van der Waals surface area contributed by atoms with Gasteiger partial charge in [0.25, 0.3) is 5.91 Å². The van der Waals surface area contributed by atoms with Gasteiger partial charge in [-0.15, -0.1) is 0 Å². The second-order valence-electron chi connectivity index (χ2n) is 6.48. The monoisotopic (exact) mass is 360 g/mol. The van der Waals surface area contributed by atoms with Crippen LogP contribution in [0.3, 0.4) is 0 Å². The summed E-state index contributed by atoms with van der Waals surface area (Å²) in [6, 6.07) is 8.84. The Morgan fingerprint density at radius 3 is 2.68 bits per heavy atom. The molecule has 128 valence electrons. The molecule has 0 saturated heterocycles. The van der Waals surface area contributed by atoms with Crippen LogP contribution in [0.4, 0.5) is 8.78 Å². The number of nitrogens with one attached hydrogen (secondary N) is 2. The van der Waals surface area contributed by atoms with Crippen LogP contribution in [0.25, 0.3) is 10.9 Å². The third-order valence-electron chi connectivity index (χ3n) is 4.84. The Kier molecular flexibility index (Phi) is 3.76. The lowest BCUT2D eigenvalue weighted by Gasteiger charge is -2.16. The van der Waals surface area contributed by atoms with E-state index in [-0.39, 0.29) is 11.0 Å². The molecule has 0 spiro atoms. The molecule has 0 bridgehead atoms. The van der Waals surface area contributed by atoms with E-state index in [1.54, 1.807) is 0 Å². The molecule has 1 heterocycles. The zero-order valence-electron chi connectivity index (χ0n) is 13.2. The van der Waals surface area contributed by atoms with Crippen molar-refractivity contribution in [1.29, 1.82) is 0 Å². The number of hydrogen-bond donors (Lipinski definition) is 2. The maximum Gasteiger partial charge on any atom is 0.251 e. The average Bonchev–Trinajstić information content (AvgIpc) is 3.27.